The molecule has 8 heteroatoms. The van der Waals surface area contributed by atoms with Gasteiger partial charge in [0.1, 0.15) is 12.1 Å². The molecule has 152 valence electrons. The van der Waals surface area contributed by atoms with Crippen molar-refractivity contribution in [2.45, 2.75) is 12.5 Å². The van der Waals surface area contributed by atoms with Gasteiger partial charge in [-0.2, -0.15) is 0 Å². The fraction of sp³-hybridized carbons (Fsp3) is 0.136. The van der Waals surface area contributed by atoms with Crippen LogP contribution in [0.5, 0.6) is 0 Å². The number of hydrogen-bond acceptors (Lipinski definition) is 3. The lowest BCUT2D eigenvalue weighted by Gasteiger charge is -2.22. The van der Waals surface area contributed by atoms with E-state index in [1.807, 2.05) is 42.5 Å². The van der Waals surface area contributed by atoms with Crippen LogP contribution in [0.4, 0.5) is 10.5 Å². The summed E-state index contributed by atoms with van der Waals surface area (Å²) in [5.41, 5.74) is -0.205. The molecule has 1 fully saturated rings. The van der Waals surface area contributed by atoms with E-state index in [2.05, 4.69) is 26.6 Å². The maximum Gasteiger partial charge on any atom is 0.325 e. The minimum atomic E-state index is -1.25. The SMILES string of the molecule is CC1(c2ccc3ccccc3c2)NC(=O)N(CC(=O)Nc2ccc(Br)cc2Cl)C1=O. The molecular formula is C22H17BrClN3O3. The van der Waals surface area contributed by atoms with Crippen LogP contribution in [0.15, 0.2) is 65.1 Å². The van der Waals surface area contributed by atoms with Crippen LogP contribution in [-0.2, 0) is 15.1 Å². The molecule has 30 heavy (non-hydrogen) atoms. The summed E-state index contributed by atoms with van der Waals surface area (Å²) in [4.78, 5) is 39.0. The van der Waals surface area contributed by atoms with Gasteiger partial charge in [-0.3, -0.25) is 14.5 Å². The van der Waals surface area contributed by atoms with Gasteiger partial charge in [-0.05, 0) is 47.5 Å². The summed E-state index contributed by atoms with van der Waals surface area (Å²) < 4.78 is 0.769. The Morgan fingerprint density at radius 1 is 1.10 bits per heavy atom. The Balaban J connectivity index is 1.54. The number of imide groups is 1. The zero-order valence-electron chi connectivity index (χ0n) is 15.9. The van der Waals surface area contributed by atoms with Gasteiger partial charge in [0.2, 0.25) is 5.91 Å². The lowest BCUT2D eigenvalue weighted by atomic mass is 9.90. The van der Waals surface area contributed by atoms with Crippen LogP contribution in [0.1, 0.15) is 12.5 Å². The van der Waals surface area contributed by atoms with Crippen molar-refractivity contribution in [2.24, 2.45) is 0 Å². The van der Waals surface area contributed by atoms with Gasteiger partial charge in [0, 0.05) is 4.47 Å². The molecule has 0 aromatic heterocycles. The lowest BCUT2D eigenvalue weighted by molar-refractivity contribution is -0.133. The van der Waals surface area contributed by atoms with Crippen molar-refractivity contribution in [3.05, 3.63) is 75.7 Å². The minimum Gasteiger partial charge on any atom is -0.323 e. The van der Waals surface area contributed by atoms with Crippen LogP contribution in [0.2, 0.25) is 5.02 Å². The second-order valence-corrected chi connectivity index (χ2v) is 8.50. The van der Waals surface area contributed by atoms with Gasteiger partial charge in [0.05, 0.1) is 10.7 Å². The molecule has 1 atom stereocenters. The molecule has 1 aliphatic heterocycles. The van der Waals surface area contributed by atoms with Gasteiger partial charge in [0.15, 0.2) is 0 Å². The number of hydrogen-bond donors (Lipinski definition) is 2. The van der Waals surface area contributed by atoms with E-state index >= 15 is 0 Å². The summed E-state index contributed by atoms with van der Waals surface area (Å²) in [5.74, 6) is -1.01. The van der Waals surface area contributed by atoms with Crippen molar-refractivity contribution in [3.8, 4) is 0 Å². The monoisotopic (exact) mass is 485 g/mol. The van der Waals surface area contributed by atoms with Gasteiger partial charge in [0.25, 0.3) is 5.91 Å². The van der Waals surface area contributed by atoms with E-state index in [4.69, 9.17) is 11.6 Å². The standard InChI is InChI=1S/C22H17BrClN3O3/c1-22(15-7-6-13-4-2-3-5-14(13)10-15)20(29)27(21(30)26-22)12-19(28)25-18-9-8-16(23)11-17(18)24/h2-11H,12H2,1H3,(H,25,28)(H,26,30). The first-order valence-corrected chi connectivity index (χ1v) is 10.3. The largest absolute Gasteiger partial charge is 0.325 e. The number of halogens is 2. The van der Waals surface area contributed by atoms with Crippen LogP contribution in [0.3, 0.4) is 0 Å². The molecule has 1 saturated heterocycles. The van der Waals surface area contributed by atoms with E-state index in [0.717, 1.165) is 20.1 Å². The first-order valence-electron chi connectivity index (χ1n) is 9.16. The zero-order chi connectivity index (χ0) is 21.5. The third-order valence-corrected chi connectivity index (χ3v) is 5.91. The highest BCUT2D eigenvalue weighted by Gasteiger charge is 2.49. The van der Waals surface area contributed by atoms with Crippen molar-refractivity contribution in [2.75, 3.05) is 11.9 Å². The lowest BCUT2D eigenvalue weighted by Crippen LogP contribution is -2.42. The summed E-state index contributed by atoms with van der Waals surface area (Å²) >= 11 is 9.41. The highest BCUT2D eigenvalue weighted by molar-refractivity contribution is 9.10. The van der Waals surface area contributed by atoms with Crippen molar-refractivity contribution in [3.63, 3.8) is 0 Å². The summed E-state index contributed by atoms with van der Waals surface area (Å²) in [6.45, 7) is 1.22. The van der Waals surface area contributed by atoms with Crippen molar-refractivity contribution < 1.29 is 14.4 Å². The molecule has 1 aliphatic rings. The van der Waals surface area contributed by atoms with Gasteiger partial charge in [-0.1, -0.05) is 63.9 Å². The second-order valence-electron chi connectivity index (χ2n) is 7.18. The van der Waals surface area contributed by atoms with Crippen molar-refractivity contribution in [1.82, 2.24) is 10.2 Å². The number of nitrogens with one attached hydrogen (secondary N) is 2. The highest BCUT2D eigenvalue weighted by Crippen LogP contribution is 2.31. The first kappa shape index (κ1) is 20.4. The fourth-order valence-corrected chi connectivity index (χ4v) is 4.18. The Hall–Kier alpha value is -2.90. The Morgan fingerprint density at radius 2 is 1.83 bits per heavy atom. The molecule has 0 saturated carbocycles. The Labute approximate surface area is 186 Å². The number of carbonyl (C=O) groups is 3. The van der Waals surface area contributed by atoms with E-state index in [1.165, 1.54) is 0 Å². The minimum absolute atomic E-state index is 0.343. The third-order valence-electron chi connectivity index (χ3n) is 5.11. The Bertz CT molecular complexity index is 1200. The van der Waals surface area contributed by atoms with Gasteiger partial charge >= 0.3 is 6.03 Å². The molecule has 0 radical (unpaired) electrons. The molecule has 0 spiro atoms. The Kier molecular flexibility index (Phi) is 5.26. The van der Waals surface area contributed by atoms with E-state index < -0.39 is 29.9 Å². The summed E-state index contributed by atoms with van der Waals surface area (Å²) in [7, 11) is 0. The van der Waals surface area contributed by atoms with Crippen LogP contribution < -0.4 is 10.6 Å². The van der Waals surface area contributed by atoms with E-state index in [-0.39, 0.29) is 0 Å². The van der Waals surface area contributed by atoms with Crippen molar-refractivity contribution >= 4 is 61.8 Å². The Morgan fingerprint density at radius 3 is 2.57 bits per heavy atom. The molecule has 6 nitrogen and oxygen atoms in total. The number of anilines is 1. The molecule has 1 unspecified atom stereocenters. The molecule has 0 aliphatic carbocycles. The van der Waals surface area contributed by atoms with Crippen LogP contribution >= 0.6 is 27.5 Å². The number of fused-ring (bicyclic) bond motifs is 1. The molecule has 4 rings (SSSR count). The average Bonchev–Trinajstić information content (AvgIpc) is 2.94. The topological polar surface area (TPSA) is 78.5 Å². The number of amides is 4. The highest BCUT2D eigenvalue weighted by atomic mass is 79.9. The summed E-state index contributed by atoms with van der Waals surface area (Å²) in [6, 6.07) is 17.7. The normalized spacial score (nSPS) is 18.6. The van der Waals surface area contributed by atoms with E-state index in [1.54, 1.807) is 25.1 Å². The zero-order valence-corrected chi connectivity index (χ0v) is 18.3. The second kappa shape index (κ2) is 7.74. The maximum absolute atomic E-state index is 13.1. The molecule has 3 aromatic rings. The van der Waals surface area contributed by atoms with E-state index in [0.29, 0.717) is 16.3 Å². The van der Waals surface area contributed by atoms with Crippen LogP contribution in [0.25, 0.3) is 10.8 Å². The fourth-order valence-electron chi connectivity index (χ4n) is 3.46. The predicted molar refractivity (Wildman–Crippen MR) is 119 cm³/mol. The number of urea groups is 1. The number of nitrogens with zero attached hydrogens (tertiary/aromatic N) is 1. The molecule has 4 amide bonds. The quantitative estimate of drug-likeness (QED) is 0.527. The maximum atomic E-state index is 13.1. The smallest absolute Gasteiger partial charge is 0.323 e. The molecule has 2 N–H and O–H groups in total. The number of carbonyl (C=O) groups excluding carboxylic acids is 3. The van der Waals surface area contributed by atoms with E-state index in [9.17, 15) is 14.4 Å². The molecule has 0 bridgehead atoms. The van der Waals surface area contributed by atoms with Crippen LogP contribution in [-0.4, -0.2) is 29.3 Å². The summed E-state index contributed by atoms with van der Waals surface area (Å²) in [6.07, 6.45) is 0. The summed E-state index contributed by atoms with van der Waals surface area (Å²) in [5, 5.41) is 7.69. The predicted octanol–water partition coefficient (Wildman–Crippen LogP) is 4.66. The molecule has 1 heterocycles. The molecular weight excluding hydrogens is 470 g/mol. The number of rotatable bonds is 4. The first-order chi connectivity index (χ1) is 14.3. The third kappa shape index (κ3) is 3.66. The average molecular weight is 487 g/mol. The van der Waals surface area contributed by atoms with Crippen molar-refractivity contribution in [1.29, 1.82) is 0 Å². The molecule has 3 aromatic carbocycles. The number of benzene rings is 3. The van der Waals surface area contributed by atoms with Gasteiger partial charge in [-0.25, -0.2) is 4.79 Å². The van der Waals surface area contributed by atoms with Gasteiger partial charge in [-0.15, -0.1) is 0 Å². The van der Waals surface area contributed by atoms with Gasteiger partial charge < -0.3 is 10.6 Å². The van der Waals surface area contributed by atoms with Crippen LogP contribution in [0, 0.1) is 0 Å².